The van der Waals surface area contributed by atoms with E-state index in [4.69, 9.17) is 16.0 Å². The fourth-order valence-electron chi connectivity index (χ4n) is 4.37. The van der Waals surface area contributed by atoms with Crippen molar-refractivity contribution >= 4 is 35.1 Å². The van der Waals surface area contributed by atoms with Crippen LogP contribution in [0.5, 0.6) is 0 Å². The van der Waals surface area contributed by atoms with Crippen molar-refractivity contribution in [3.63, 3.8) is 0 Å². The first kappa shape index (κ1) is 32.0. The molecule has 4 aromatic rings. The van der Waals surface area contributed by atoms with E-state index in [1.807, 2.05) is 13.8 Å². The number of hydrogen-bond donors (Lipinski definition) is 2. The summed E-state index contributed by atoms with van der Waals surface area (Å²) in [5, 5.41) is 13.6. The van der Waals surface area contributed by atoms with Crippen molar-refractivity contribution < 1.29 is 23.5 Å². The topological polar surface area (TPSA) is 171 Å². The Morgan fingerprint density at radius 1 is 1.09 bits per heavy atom. The summed E-state index contributed by atoms with van der Waals surface area (Å²) in [6, 6.07) is 11.1. The molecule has 13 nitrogen and oxygen atoms in total. The summed E-state index contributed by atoms with van der Waals surface area (Å²) >= 11 is 5.96. The normalized spacial score (nSPS) is 12.1. The lowest BCUT2D eigenvalue weighted by Gasteiger charge is -2.21. The van der Waals surface area contributed by atoms with Crippen LogP contribution in [0.3, 0.4) is 0 Å². The minimum atomic E-state index is -1.06. The first-order valence-corrected chi connectivity index (χ1v) is 14.0. The number of ether oxygens (including phenoxy) is 1. The zero-order valence-corrected chi connectivity index (χ0v) is 25.8. The molecule has 2 N–H and O–H groups in total. The molecule has 14 heteroatoms. The molecule has 44 heavy (non-hydrogen) atoms. The number of anilines is 1. The number of aromatic nitrogens is 5. The van der Waals surface area contributed by atoms with Crippen LogP contribution in [0.4, 0.5) is 10.5 Å². The van der Waals surface area contributed by atoms with Gasteiger partial charge in [-0.1, -0.05) is 55.8 Å². The van der Waals surface area contributed by atoms with Gasteiger partial charge in [0.15, 0.2) is 0 Å². The SMILES string of the molecule is COC(=O)Nc1c(C)nc(-c2ccccc2)n(CC(=O)NC(C(=O)c2nnc(C(C)(C)c3ccc(Cl)cn3)o2)C(C)C)c1=O. The Morgan fingerprint density at radius 3 is 2.41 bits per heavy atom. The molecule has 1 unspecified atom stereocenters. The molecule has 3 heterocycles. The standard InChI is InChI=1S/C30H32ClN7O6/c1-16(2)22(24(40)26-36-37-28(44-26)30(4,5)20-13-12-19(31)14-32-20)34-21(39)15-38-25(18-10-8-7-9-11-18)33-17(3)23(27(38)41)35-29(42)43-6/h7-14,16,22H,15H2,1-6H3,(H,34,39)(H,35,42). The van der Waals surface area contributed by atoms with E-state index in [0.29, 0.717) is 16.3 Å². The molecule has 0 aliphatic carbocycles. The van der Waals surface area contributed by atoms with E-state index in [1.165, 1.54) is 6.20 Å². The highest BCUT2D eigenvalue weighted by atomic mass is 35.5. The van der Waals surface area contributed by atoms with E-state index in [9.17, 15) is 19.2 Å². The summed E-state index contributed by atoms with van der Waals surface area (Å²) in [4.78, 5) is 61.2. The van der Waals surface area contributed by atoms with Crippen LogP contribution in [0, 0.1) is 12.8 Å². The van der Waals surface area contributed by atoms with Crippen LogP contribution in [-0.2, 0) is 21.5 Å². The number of ketones is 1. The quantitative estimate of drug-likeness (QED) is 0.245. The van der Waals surface area contributed by atoms with Crippen molar-refractivity contribution in [2.45, 2.75) is 52.6 Å². The highest BCUT2D eigenvalue weighted by Gasteiger charge is 2.35. The molecule has 0 aliphatic heterocycles. The number of amides is 2. The van der Waals surface area contributed by atoms with Gasteiger partial charge in [0.2, 0.25) is 17.6 Å². The van der Waals surface area contributed by atoms with Gasteiger partial charge >= 0.3 is 6.09 Å². The van der Waals surface area contributed by atoms with Gasteiger partial charge in [0.05, 0.1) is 35.0 Å². The number of Topliss-reactive ketones (excluding diaryl/α,β-unsaturated/α-hetero) is 1. The minimum Gasteiger partial charge on any atom is -0.453 e. The van der Waals surface area contributed by atoms with Crippen molar-refractivity contribution in [2.75, 3.05) is 12.4 Å². The number of pyridine rings is 1. The summed E-state index contributed by atoms with van der Waals surface area (Å²) in [5.41, 5.74) is -0.254. The summed E-state index contributed by atoms with van der Waals surface area (Å²) in [6.45, 7) is 8.17. The molecule has 4 rings (SSSR count). The van der Waals surface area contributed by atoms with Crippen LogP contribution in [0.1, 0.15) is 55.7 Å². The van der Waals surface area contributed by atoms with Crippen molar-refractivity contribution in [1.82, 2.24) is 30.0 Å². The number of aryl methyl sites for hydroxylation is 1. The summed E-state index contributed by atoms with van der Waals surface area (Å²) in [5.74, 6) is -1.57. The first-order valence-electron chi connectivity index (χ1n) is 13.6. The molecule has 1 aromatic carbocycles. The van der Waals surface area contributed by atoms with Gasteiger partial charge in [-0.3, -0.25) is 29.3 Å². The van der Waals surface area contributed by atoms with Gasteiger partial charge in [-0.25, -0.2) is 9.78 Å². The second kappa shape index (κ2) is 13.2. The Hall–Kier alpha value is -4.91. The number of hydrogen-bond acceptors (Lipinski definition) is 10. The molecule has 3 aromatic heterocycles. The maximum Gasteiger partial charge on any atom is 0.411 e. The molecule has 0 aliphatic rings. The number of nitrogens with one attached hydrogen (secondary N) is 2. The van der Waals surface area contributed by atoms with Crippen molar-refractivity contribution in [3.8, 4) is 11.4 Å². The Kier molecular flexibility index (Phi) is 9.58. The third-order valence-corrected chi connectivity index (χ3v) is 7.12. The van der Waals surface area contributed by atoms with Crippen LogP contribution < -0.4 is 16.2 Å². The Labute approximate surface area is 258 Å². The van der Waals surface area contributed by atoms with E-state index in [1.54, 1.807) is 63.2 Å². The molecule has 1 atom stereocenters. The van der Waals surface area contributed by atoms with Gasteiger partial charge in [0.1, 0.15) is 18.1 Å². The molecule has 2 amide bonds. The van der Waals surface area contributed by atoms with E-state index < -0.39 is 41.3 Å². The number of methoxy groups -OCH3 is 1. The molecule has 230 valence electrons. The number of rotatable bonds is 10. The van der Waals surface area contributed by atoms with Crippen molar-refractivity contribution in [1.29, 1.82) is 0 Å². The summed E-state index contributed by atoms with van der Waals surface area (Å²) in [6.07, 6.45) is 0.632. The lowest BCUT2D eigenvalue weighted by Crippen LogP contribution is -2.47. The maximum absolute atomic E-state index is 13.5. The monoisotopic (exact) mass is 621 g/mol. The van der Waals surface area contributed by atoms with E-state index in [0.717, 1.165) is 11.7 Å². The van der Waals surface area contributed by atoms with Gasteiger partial charge < -0.3 is 14.5 Å². The third-order valence-electron chi connectivity index (χ3n) is 6.90. The Balaban J connectivity index is 1.62. The molecule has 0 radical (unpaired) electrons. The fraction of sp³-hybridized carbons (Fsp3) is 0.333. The van der Waals surface area contributed by atoms with Crippen molar-refractivity contribution in [3.05, 3.63) is 87.2 Å². The van der Waals surface area contributed by atoms with Gasteiger partial charge in [-0.15, -0.1) is 10.2 Å². The van der Waals surface area contributed by atoms with Crippen LogP contribution in [0.25, 0.3) is 11.4 Å². The average molecular weight is 622 g/mol. The Morgan fingerprint density at radius 2 is 1.80 bits per heavy atom. The number of benzene rings is 1. The third kappa shape index (κ3) is 6.83. The summed E-state index contributed by atoms with van der Waals surface area (Å²) < 4.78 is 11.5. The van der Waals surface area contributed by atoms with Gasteiger partial charge in [0.25, 0.3) is 11.4 Å². The van der Waals surface area contributed by atoms with E-state index in [-0.39, 0.29) is 34.9 Å². The zero-order valence-electron chi connectivity index (χ0n) is 25.0. The predicted octanol–water partition coefficient (Wildman–Crippen LogP) is 4.18. The zero-order chi connectivity index (χ0) is 32.2. The number of carbonyl (C=O) groups excluding carboxylic acids is 3. The molecule has 0 saturated heterocycles. The van der Waals surface area contributed by atoms with Crippen LogP contribution in [0.2, 0.25) is 5.02 Å². The molecule has 0 saturated carbocycles. The van der Waals surface area contributed by atoms with E-state index >= 15 is 0 Å². The van der Waals surface area contributed by atoms with Crippen LogP contribution >= 0.6 is 11.6 Å². The first-order chi connectivity index (χ1) is 20.8. The number of nitrogens with zero attached hydrogens (tertiary/aromatic N) is 5. The smallest absolute Gasteiger partial charge is 0.411 e. The van der Waals surface area contributed by atoms with Crippen LogP contribution in [-0.4, -0.2) is 55.7 Å². The molecule has 0 bridgehead atoms. The number of halogens is 1. The minimum absolute atomic E-state index is 0.142. The molecule has 0 spiro atoms. The molecular weight excluding hydrogens is 590 g/mol. The highest BCUT2D eigenvalue weighted by Crippen LogP contribution is 2.30. The predicted molar refractivity (Wildman–Crippen MR) is 161 cm³/mol. The van der Waals surface area contributed by atoms with Gasteiger partial charge in [-0.05, 0) is 38.8 Å². The van der Waals surface area contributed by atoms with Gasteiger partial charge in [-0.2, -0.15) is 0 Å². The lowest BCUT2D eigenvalue weighted by atomic mass is 9.89. The average Bonchev–Trinajstić information content (AvgIpc) is 3.51. The van der Waals surface area contributed by atoms with E-state index in [2.05, 4.69) is 35.5 Å². The second-order valence-corrected chi connectivity index (χ2v) is 11.3. The maximum atomic E-state index is 13.5. The number of carbonyl (C=O) groups is 3. The molecule has 0 fully saturated rings. The van der Waals surface area contributed by atoms with Gasteiger partial charge in [0, 0.05) is 11.8 Å². The largest absolute Gasteiger partial charge is 0.453 e. The second-order valence-electron chi connectivity index (χ2n) is 10.8. The molecular formula is C30H32ClN7O6. The van der Waals surface area contributed by atoms with Crippen LogP contribution in [0.15, 0.2) is 57.9 Å². The van der Waals surface area contributed by atoms with Crippen molar-refractivity contribution in [2.24, 2.45) is 5.92 Å². The highest BCUT2D eigenvalue weighted by molar-refractivity contribution is 6.30. The summed E-state index contributed by atoms with van der Waals surface area (Å²) in [7, 11) is 1.16. The fourth-order valence-corrected chi connectivity index (χ4v) is 4.49. The lowest BCUT2D eigenvalue weighted by molar-refractivity contribution is -0.122. The Bertz CT molecular complexity index is 1730.